The summed E-state index contributed by atoms with van der Waals surface area (Å²) in [7, 11) is 0. The summed E-state index contributed by atoms with van der Waals surface area (Å²) in [6.45, 7) is 21.7. The molecule has 0 heterocycles. The van der Waals surface area contributed by atoms with E-state index in [1.165, 1.54) is 88.0 Å². The van der Waals surface area contributed by atoms with E-state index in [4.69, 9.17) is 0 Å². The number of hydrogen-bond donors (Lipinski definition) is 0. The summed E-state index contributed by atoms with van der Waals surface area (Å²) in [5.41, 5.74) is 13.8. The lowest BCUT2D eigenvalue weighted by atomic mass is 9.95. The van der Waals surface area contributed by atoms with Gasteiger partial charge in [-0.2, -0.15) is 0 Å². The first-order valence-electron chi connectivity index (χ1n) is 14.4. The Morgan fingerprint density at radius 1 is 0.275 bits per heavy atom. The standard InChI is InChI=1S/C14H16.2C13H14/c1-9-5-7-14-12(4)10(2)6-8-13(14)11(9)3;2*1-9-4-7-13-11(3)10(2)5-6-12(13)8-9/h5-8H,1-4H3;2*4-8H,1-3H3. The predicted octanol–water partition coefficient (Wildman–Crippen LogP) is 11.6. The normalized spacial score (nSPS) is 10.8. The van der Waals surface area contributed by atoms with Gasteiger partial charge in [0.25, 0.3) is 0 Å². The summed E-state index contributed by atoms with van der Waals surface area (Å²) in [6, 6.07) is 30.9. The molecular formula is C40H44. The van der Waals surface area contributed by atoms with Crippen molar-refractivity contribution in [3.8, 4) is 0 Å². The fraction of sp³-hybridized carbons (Fsp3) is 0.250. The number of rotatable bonds is 0. The van der Waals surface area contributed by atoms with Crippen LogP contribution >= 0.6 is 0 Å². The third-order valence-electron chi connectivity index (χ3n) is 8.71. The zero-order valence-corrected chi connectivity index (χ0v) is 26.1. The van der Waals surface area contributed by atoms with E-state index in [1.807, 2.05) is 0 Å². The predicted molar refractivity (Wildman–Crippen MR) is 179 cm³/mol. The van der Waals surface area contributed by atoms with Gasteiger partial charge in [-0.25, -0.2) is 0 Å². The topological polar surface area (TPSA) is 0 Å². The van der Waals surface area contributed by atoms with Gasteiger partial charge in [0.2, 0.25) is 0 Å². The maximum absolute atomic E-state index is 2.24. The minimum atomic E-state index is 1.33. The van der Waals surface area contributed by atoms with Crippen molar-refractivity contribution >= 4 is 32.3 Å². The molecule has 6 aromatic carbocycles. The Morgan fingerprint density at radius 2 is 0.550 bits per heavy atom. The molecule has 0 aliphatic rings. The molecule has 6 rings (SSSR count). The highest BCUT2D eigenvalue weighted by Gasteiger charge is 2.04. The molecule has 0 bridgehead atoms. The van der Waals surface area contributed by atoms with E-state index in [0.29, 0.717) is 0 Å². The molecule has 0 atom stereocenters. The van der Waals surface area contributed by atoms with E-state index in [2.05, 4.69) is 154 Å². The Bertz CT molecular complexity index is 1700. The van der Waals surface area contributed by atoms with Gasteiger partial charge >= 0.3 is 0 Å². The molecule has 40 heavy (non-hydrogen) atoms. The van der Waals surface area contributed by atoms with Crippen LogP contribution in [0.1, 0.15) is 55.6 Å². The van der Waals surface area contributed by atoms with Crippen molar-refractivity contribution in [3.05, 3.63) is 141 Å². The Hall–Kier alpha value is -3.90. The largest absolute Gasteiger partial charge is 0.0587 e. The third-order valence-corrected chi connectivity index (χ3v) is 8.71. The number of hydrogen-bond acceptors (Lipinski definition) is 0. The van der Waals surface area contributed by atoms with Crippen molar-refractivity contribution in [3.63, 3.8) is 0 Å². The van der Waals surface area contributed by atoms with Crippen molar-refractivity contribution in [2.75, 3.05) is 0 Å². The van der Waals surface area contributed by atoms with Gasteiger partial charge in [-0.1, -0.05) is 96.1 Å². The van der Waals surface area contributed by atoms with Crippen molar-refractivity contribution in [2.45, 2.75) is 69.2 Å². The molecule has 0 nitrogen and oxygen atoms in total. The SMILES string of the molecule is Cc1ccc2c(C)c(C)ccc2c1.Cc1ccc2c(C)c(C)ccc2c1.Cc1ccc2c(C)c(C)ccc2c1C. The smallest absolute Gasteiger partial charge is 0.0149 e. The van der Waals surface area contributed by atoms with Crippen LogP contribution in [-0.4, -0.2) is 0 Å². The van der Waals surface area contributed by atoms with Crippen LogP contribution in [0.25, 0.3) is 32.3 Å². The minimum absolute atomic E-state index is 1.33. The van der Waals surface area contributed by atoms with Gasteiger partial charge in [0, 0.05) is 0 Å². The van der Waals surface area contributed by atoms with Gasteiger partial charge in [0.05, 0.1) is 0 Å². The molecule has 204 valence electrons. The van der Waals surface area contributed by atoms with E-state index in [1.54, 1.807) is 0 Å². The molecule has 0 radical (unpaired) electrons. The van der Waals surface area contributed by atoms with Crippen molar-refractivity contribution < 1.29 is 0 Å². The molecule has 0 unspecified atom stereocenters. The van der Waals surface area contributed by atoms with Gasteiger partial charge in [-0.15, -0.1) is 0 Å². The lowest BCUT2D eigenvalue weighted by Crippen LogP contribution is -1.88. The second-order valence-electron chi connectivity index (χ2n) is 11.6. The first-order chi connectivity index (χ1) is 19.0. The fourth-order valence-corrected chi connectivity index (χ4v) is 5.35. The number of aryl methyl sites for hydroxylation is 10. The maximum Gasteiger partial charge on any atom is -0.0149 e. The molecule has 0 spiro atoms. The highest BCUT2D eigenvalue weighted by molar-refractivity contribution is 5.90. The Balaban J connectivity index is 0.000000139. The molecule has 0 saturated heterocycles. The van der Waals surface area contributed by atoms with Crippen molar-refractivity contribution in [1.82, 2.24) is 0 Å². The van der Waals surface area contributed by atoms with Gasteiger partial charge in [0.1, 0.15) is 0 Å². The summed E-state index contributed by atoms with van der Waals surface area (Å²) >= 11 is 0. The van der Waals surface area contributed by atoms with Gasteiger partial charge < -0.3 is 0 Å². The van der Waals surface area contributed by atoms with Crippen LogP contribution in [0.4, 0.5) is 0 Å². The molecule has 0 saturated carbocycles. The quantitative estimate of drug-likeness (QED) is 0.185. The van der Waals surface area contributed by atoms with Gasteiger partial charge in [-0.3, -0.25) is 0 Å². The van der Waals surface area contributed by atoms with Crippen LogP contribution < -0.4 is 0 Å². The van der Waals surface area contributed by atoms with Crippen LogP contribution in [-0.2, 0) is 0 Å². The number of benzene rings is 6. The molecule has 0 heteroatoms. The molecule has 0 aliphatic carbocycles. The molecule has 6 aromatic rings. The average molecular weight is 525 g/mol. The van der Waals surface area contributed by atoms with Crippen LogP contribution in [0.3, 0.4) is 0 Å². The number of fused-ring (bicyclic) bond motifs is 3. The third kappa shape index (κ3) is 6.13. The Kier molecular flexibility index (Phi) is 8.79. The van der Waals surface area contributed by atoms with Crippen molar-refractivity contribution in [1.29, 1.82) is 0 Å². The molecule has 0 aliphatic heterocycles. The summed E-state index contributed by atoms with van der Waals surface area (Å²) in [6.07, 6.45) is 0. The molecule has 0 fully saturated rings. The molecule has 0 aromatic heterocycles. The van der Waals surface area contributed by atoms with E-state index in [9.17, 15) is 0 Å². The second-order valence-corrected chi connectivity index (χ2v) is 11.6. The monoisotopic (exact) mass is 524 g/mol. The van der Waals surface area contributed by atoms with Crippen molar-refractivity contribution in [2.24, 2.45) is 0 Å². The first kappa shape index (κ1) is 29.1. The first-order valence-corrected chi connectivity index (χ1v) is 14.4. The second kappa shape index (κ2) is 12.1. The summed E-state index contributed by atoms with van der Waals surface area (Å²) in [4.78, 5) is 0. The lowest BCUT2D eigenvalue weighted by molar-refractivity contribution is 1.34. The average Bonchev–Trinajstić information content (AvgIpc) is 2.93. The van der Waals surface area contributed by atoms with Crippen LogP contribution in [0.5, 0.6) is 0 Å². The highest BCUT2D eigenvalue weighted by atomic mass is 14.1. The zero-order valence-electron chi connectivity index (χ0n) is 26.1. The molecule has 0 amide bonds. The van der Waals surface area contributed by atoms with Crippen LogP contribution in [0.15, 0.2) is 84.9 Å². The van der Waals surface area contributed by atoms with Gasteiger partial charge in [-0.05, 0) is 146 Å². The highest BCUT2D eigenvalue weighted by Crippen LogP contribution is 2.26. The van der Waals surface area contributed by atoms with Crippen LogP contribution in [0, 0.1) is 69.2 Å². The van der Waals surface area contributed by atoms with E-state index in [0.717, 1.165) is 0 Å². The summed E-state index contributed by atoms with van der Waals surface area (Å²) < 4.78 is 0. The van der Waals surface area contributed by atoms with Gasteiger partial charge in [0.15, 0.2) is 0 Å². The minimum Gasteiger partial charge on any atom is -0.0587 e. The van der Waals surface area contributed by atoms with E-state index in [-0.39, 0.29) is 0 Å². The zero-order chi connectivity index (χ0) is 29.1. The Morgan fingerprint density at radius 3 is 0.900 bits per heavy atom. The molecule has 0 N–H and O–H groups in total. The maximum atomic E-state index is 2.24. The van der Waals surface area contributed by atoms with Crippen LogP contribution in [0.2, 0.25) is 0 Å². The van der Waals surface area contributed by atoms with E-state index >= 15 is 0 Å². The summed E-state index contributed by atoms with van der Waals surface area (Å²) in [5, 5.41) is 8.25. The lowest BCUT2D eigenvalue weighted by Gasteiger charge is -2.09. The van der Waals surface area contributed by atoms with E-state index < -0.39 is 0 Å². The summed E-state index contributed by atoms with van der Waals surface area (Å²) in [5.74, 6) is 0. The fourth-order valence-electron chi connectivity index (χ4n) is 5.35. The molecular weight excluding hydrogens is 480 g/mol. The Labute approximate surface area is 241 Å².